The maximum atomic E-state index is 12.3. The minimum Gasteiger partial charge on any atom is -0.494 e. The lowest BCUT2D eigenvalue weighted by Crippen LogP contribution is -2.29. The molecule has 2 rings (SSSR count). The smallest absolute Gasteiger partial charge is 0.240 e. The molecule has 0 aliphatic heterocycles. The summed E-state index contributed by atoms with van der Waals surface area (Å²) in [4.78, 5) is 0.245. The second kappa shape index (κ2) is 6.77. The Balaban J connectivity index is 2.11. The van der Waals surface area contributed by atoms with Crippen LogP contribution in [0.4, 0.5) is 0 Å². The van der Waals surface area contributed by atoms with Gasteiger partial charge in [0.1, 0.15) is 5.75 Å². The number of hydrogen-bond donors (Lipinski definition) is 2. The van der Waals surface area contributed by atoms with Crippen molar-refractivity contribution in [2.75, 3.05) is 13.2 Å². The Morgan fingerprint density at radius 2 is 2.14 bits per heavy atom. The average molecular weight is 312 g/mol. The van der Waals surface area contributed by atoms with E-state index in [-0.39, 0.29) is 11.4 Å². The fraction of sp³-hybridized carbons (Fsp3) is 0.600. The van der Waals surface area contributed by atoms with Gasteiger partial charge < -0.3 is 10.5 Å². The quantitative estimate of drug-likeness (QED) is 0.768. The van der Waals surface area contributed by atoms with Crippen LogP contribution in [0.3, 0.4) is 0 Å². The summed E-state index contributed by atoms with van der Waals surface area (Å²) in [5.74, 6) is 1.70. The zero-order chi connectivity index (χ0) is 15.5. The molecule has 1 aliphatic rings. The van der Waals surface area contributed by atoms with Gasteiger partial charge in [-0.2, -0.15) is 0 Å². The lowest BCUT2D eigenvalue weighted by molar-refractivity contribution is 0.336. The molecule has 0 heterocycles. The van der Waals surface area contributed by atoms with Crippen molar-refractivity contribution < 1.29 is 13.2 Å². The minimum atomic E-state index is -3.49. The molecular weight excluding hydrogens is 288 g/mol. The van der Waals surface area contributed by atoms with E-state index in [1.165, 1.54) is 12.8 Å². The third-order valence-electron chi connectivity index (χ3n) is 3.88. The van der Waals surface area contributed by atoms with Crippen LogP contribution in [0.2, 0.25) is 0 Å². The van der Waals surface area contributed by atoms with E-state index in [9.17, 15) is 8.42 Å². The van der Waals surface area contributed by atoms with Crippen molar-refractivity contribution in [2.24, 2.45) is 17.6 Å². The van der Waals surface area contributed by atoms with Crippen LogP contribution in [-0.4, -0.2) is 21.6 Å². The Labute approximate surface area is 126 Å². The summed E-state index contributed by atoms with van der Waals surface area (Å²) in [6.07, 6.45) is 2.42. The maximum Gasteiger partial charge on any atom is 0.240 e. The predicted molar refractivity (Wildman–Crippen MR) is 82.6 cm³/mol. The summed E-state index contributed by atoms with van der Waals surface area (Å²) in [5, 5.41) is 0. The van der Waals surface area contributed by atoms with E-state index in [0.29, 0.717) is 36.3 Å². The van der Waals surface area contributed by atoms with Crippen LogP contribution in [0.25, 0.3) is 0 Å². The van der Waals surface area contributed by atoms with Gasteiger partial charge in [0.15, 0.2) is 0 Å². The summed E-state index contributed by atoms with van der Waals surface area (Å²) in [6, 6.07) is 4.83. The normalized spacial score (nSPS) is 16.7. The first-order valence-corrected chi connectivity index (χ1v) is 8.91. The number of benzene rings is 1. The standard InChI is InChI=1S/C15H24N2O3S/c1-3-20-15-7-6-14(8-13(15)9-16)21(18,19)17-10-11(2)12-4-5-12/h6-8,11-12,17H,3-5,9-10,16H2,1-2H3. The summed E-state index contributed by atoms with van der Waals surface area (Å²) in [5.41, 5.74) is 6.37. The van der Waals surface area contributed by atoms with Gasteiger partial charge in [-0.25, -0.2) is 13.1 Å². The molecule has 1 saturated carbocycles. The maximum absolute atomic E-state index is 12.3. The van der Waals surface area contributed by atoms with Crippen LogP contribution in [0.15, 0.2) is 23.1 Å². The van der Waals surface area contributed by atoms with Crippen LogP contribution in [0.1, 0.15) is 32.3 Å². The SMILES string of the molecule is CCOc1ccc(S(=O)(=O)NCC(C)C2CC2)cc1CN. The van der Waals surface area contributed by atoms with Crippen LogP contribution < -0.4 is 15.2 Å². The van der Waals surface area contributed by atoms with E-state index in [1.807, 2.05) is 6.92 Å². The van der Waals surface area contributed by atoms with Crippen molar-refractivity contribution in [3.8, 4) is 5.75 Å². The Morgan fingerprint density at radius 3 is 2.71 bits per heavy atom. The lowest BCUT2D eigenvalue weighted by atomic mass is 10.1. The van der Waals surface area contributed by atoms with E-state index in [4.69, 9.17) is 10.5 Å². The van der Waals surface area contributed by atoms with Gasteiger partial charge in [-0.1, -0.05) is 6.92 Å². The minimum absolute atomic E-state index is 0.245. The molecule has 6 heteroatoms. The topological polar surface area (TPSA) is 81.4 Å². The largest absolute Gasteiger partial charge is 0.494 e. The van der Waals surface area contributed by atoms with Gasteiger partial charge in [0.25, 0.3) is 0 Å². The van der Waals surface area contributed by atoms with Crippen LogP contribution in [0, 0.1) is 11.8 Å². The summed E-state index contributed by atoms with van der Waals surface area (Å²) < 4.78 is 32.8. The lowest BCUT2D eigenvalue weighted by Gasteiger charge is -2.14. The molecular formula is C15H24N2O3S. The molecule has 118 valence electrons. The van der Waals surface area contributed by atoms with Crippen molar-refractivity contribution in [1.29, 1.82) is 0 Å². The predicted octanol–water partition coefficient (Wildman–Crippen LogP) is 1.87. The van der Waals surface area contributed by atoms with Gasteiger partial charge >= 0.3 is 0 Å². The van der Waals surface area contributed by atoms with E-state index < -0.39 is 10.0 Å². The Kier molecular flexibility index (Phi) is 5.24. The van der Waals surface area contributed by atoms with E-state index in [2.05, 4.69) is 11.6 Å². The molecule has 0 amide bonds. The zero-order valence-electron chi connectivity index (χ0n) is 12.6. The third-order valence-corrected chi connectivity index (χ3v) is 5.31. The van der Waals surface area contributed by atoms with Crippen LogP contribution >= 0.6 is 0 Å². The van der Waals surface area contributed by atoms with Crippen molar-refractivity contribution >= 4 is 10.0 Å². The summed E-state index contributed by atoms with van der Waals surface area (Å²) in [7, 11) is -3.49. The molecule has 1 fully saturated rings. The van der Waals surface area contributed by atoms with E-state index in [1.54, 1.807) is 18.2 Å². The van der Waals surface area contributed by atoms with Crippen molar-refractivity contribution in [3.05, 3.63) is 23.8 Å². The Hall–Kier alpha value is -1.11. The molecule has 3 N–H and O–H groups in total. The number of hydrogen-bond acceptors (Lipinski definition) is 4. The number of rotatable bonds is 8. The highest BCUT2D eigenvalue weighted by molar-refractivity contribution is 7.89. The molecule has 1 aromatic rings. The second-order valence-corrected chi connectivity index (χ2v) is 7.34. The molecule has 1 atom stereocenters. The van der Waals surface area contributed by atoms with Crippen molar-refractivity contribution in [2.45, 2.75) is 38.1 Å². The third kappa shape index (κ3) is 4.18. The first-order chi connectivity index (χ1) is 9.97. The number of nitrogens with one attached hydrogen (secondary N) is 1. The van der Waals surface area contributed by atoms with Gasteiger partial charge in [-0.15, -0.1) is 0 Å². The van der Waals surface area contributed by atoms with Crippen molar-refractivity contribution in [1.82, 2.24) is 4.72 Å². The molecule has 1 aromatic carbocycles. The van der Waals surface area contributed by atoms with Gasteiger partial charge in [0.05, 0.1) is 11.5 Å². The zero-order valence-corrected chi connectivity index (χ0v) is 13.4. The highest BCUT2D eigenvalue weighted by Crippen LogP contribution is 2.36. The molecule has 5 nitrogen and oxygen atoms in total. The molecule has 1 unspecified atom stereocenters. The molecule has 0 bridgehead atoms. The summed E-state index contributed by atoms with van der Waals surface area (Å²) >= 11 is 0. The molecule has 0 radical (unpaired) electrons. The summed E-state index contributed by atoms with van der Waals surface area (Å²) in [6.45, 7) is 5.22. The van der Waals surface area contributed by atoms with Gasteiger partial charge in [0, 0.05) is 18.7 Å². The first kappa shape index (κ1) is 16.3. The highest BCUT2D eigenvalue weighted by atomic mass is 32.2. The van der Waals surface area contributed by atoms with Crippen molar-refractivity contribution in [3.63, 3.8) is 0 Å². The van der Waals surface area contributed by atoms with Gasteiger partial charge in [0.2, 0.25) is 10.0 Å². The van der Waals surface area contributed by atoms with Gasteiger partial charge in [-0.3, -0.25) is 0 Å². The fourth-order valence-electron chi connectivity index (χ4n) is 2.34. The molecule has 0 spiro atoms. The average Bonchev–Trinajstić information content (AvgIpc) is 3.30. The fourth-order valence-corrected chi connectivity index (χ4v) is 3.53. The van der Waals surface area contributed by atoms with E-state index in [0.717, 1.165) is 0 Å². The van der Waals surface area contributed by atoms with E-state index >= 15 is 0 Å². The highest BCUT2D eigenvalue weighted by Gasteiger charge is 2.28. The van der Waals surface area contributed by atoms with Gasteiger partial charge in [-0.05, 0) is 49.8 Å². The Morgan fingerprint density at radius 1 is 1.43 bits per heavy atom. The van der Waals surface area contributed by atoms with Crippen LogP contribution in [-0.2, 0) is 16.6 Å². The number of sulfonamides is 1. The number of nitrogens with two attached hydrogens (primary N) is 1. The molecule has 21 heavy (non-hydrogen) atoms. The molecule has 0 aromatic heterocycles. The first-order valence-electron chi connectivity index (χ1n) is 7.43. The monoisotopic (exact) mass is 312 g/mol. The van der Waals surface area contributed by atoms with Crippen LogP contribution in [0.5, 0.6) is 5.75 Å². The Bertz CT molecular complexity index is 583. The molecule has 0 saturated heterocycles. The number of ether oxygens (including phenoxy) is 1. The second-order valence-electron chi connectivity index (χ2n) is 5.57. The molecule has 1 aliphatic carbocycles.